The lowest BCUT2D eigenvalue weighted by atomic mass is 9.67. The van der Waals surface area contributed by atoms with Crippen LogP contribution in [0.5, 0.6) is 5.75 Å². The molecule has 4 aromatic rings. The quantitative estimate of drug-likeness (QED) is 0.157. The van der Waals surface area contributed by atoms with E-state index >= 15 is 0 Å². The molecule has 0 fully saturated rings. The summed E-state index contributed by atoms with van der Waals surface area (Å²) in [7, 11) is 0. The lowest BCUT2D eigenvalue weighted by Crippen LogP contribution is -2.28. The van der Waals surface area contributed by atoms with Crippen LogP contribution in [0.4, 0.5) is 4.79 Å². The van der Waals surface area contributed by atoms with E-state index in [4.69, 9.17) is 9.47 Å². The number of fused-ring (bicyclic) bond motifs is 3. The third-order valence-corrected chi connectivity index (χ3v) is 6.63. The van der Waals surface area contributed by atoms with Crippen LogP contribution in [0.15, 0.2) is 110 Å². The molecule has 0 bridgehead atoms. The predicted octanol–water partition coefficient (Wildman–Crippen LogP) is 7.83. The highest BCUT2D eigenvalue weighted by molar-refractivity contribution is 5.86. The van der Waals surface area contributed by atoms with E-state index in [2.05, 4.69) is 93.2 Å². The first-order chi connectivity index (χ1) is 16.6. The second kappa shape index (κ2) is 8.68. The Morgan fingerprint density at radius 2 is 1.26 bits per heavy atom. The van der Waals surface area contributed by atoms with E-state index in [9.17, 15) is 4.79 Å². The predicted molar refractivity (Wildman–Crippen MR) is 135 cm³/mol. The Labute approximate surface area is 200 Å². The van der Waals surface area contributed by atoms with Crippen molar-refractivity contribution in [1.82, 2.24) is 0 Å². The molecule has 1 aliphatic carbocycles. The van der Waals surface area contributed by atoms with Crippen molar-refractivity contribution < 1.29 is 14.3 Å². The van der Waals surface area contributed by atoms with Gasteiger partial charge in [-0.15, -0.1) is 0 Å². The Bertz CT molecular complexity index is 1300. The second-order valence-electron chi connectivity index (χ2n) is 8.78. The average Bonchev–Trinajstić information content (AvgIpc) is 3.16. The van der Waals surface area contributed by atoms with Crippen LogP contribution in [-0.4, -0.2) is 6.16 Å². The Morgan fingerprint density at radius 3 is 1.76 bits per heavy atom. The summed E-state index contributed by atoms with van der Waals surface area (Å²) < 4.78 is 9.95. The molecule has 3 heteroatoms. The molecule has 0 amide bonds. The van der Waals surface area contributed by atoms with Crippen LogP contribution in [0.1, 0.15) is 47.6 Å². The highest BCUT2D eigenvalue weighted by atomic mass is 16.7. The van der Waals surface area contributed by atoms with Crippen molar-refractivity contribution >= 4 is 6.16 Å². The first-order valence-electron chi connectivity index (χ1n) is 11.5. The molecule has 0 N–H and O–H groups in total. The summed E-state index contributed by atoms with van der Waals surface area (Å²) in [4.78, 5) is 11.7. The van der Waals surface area contributed by atoms with Gasteiger partial charge in [-0.25, -0.2) is 4.79 Å². The minimum Gasteiger partial charge on any atom is -0.403 e. The molecule has 0 aliphatic heterocycles. The minimum atomic E-state index is -0.807. The van der Waals surface area contributed by atoms with Crippen LogP contribution in [-0.2, 0) is 10.2 Å². The van der Waals surface area contributed by atoms with Gasteiger partial charge in [-0.2, -0.15) is 0 Å². The monoisotopic (exact) mass is 446 g/mol. The molecule has 0 radical (unpaired) electrons. The third kappa shape index (κ3) is 3.41. The highest BCUT2D eigenvalue weighted by Crippen LogP contribution is 2.56. The molecular formula is C31H26O3. The molecule has 3 nitrogen and oxygen atoms in total. The summed E-state index contributed by atoms with van der Waals surface area (Å²) in [6.45, 7) is 7.81. The molecule has 168 valence electrons. The van der Waals surface area contributed by atoms with Gasteiger partial charge in [-0.05, 0) is 57.0 Å². The molecule has 34 heavy (non-hydrogen) atoms. The maximum atomic E-state index is 11.7. The Hall–Kier alpha value is -4.11. The number of benzene rings is 4. The van der Waals surface area contributed by atoms with Crippen LogP contribution in [0.25, 0.3) is 11.1 Å². The number of carbonyl (C=O) groups excluding carboxylic acids is 1. The number of hydrogen-bond donors (Lipinski definition) is 0. The van der Waals surface area contributed by atoms with E-state index in [-0.39, 0.29) is 0 Å². The third-order valence-electron chi connectivity index (χ3n) is 6.63. The van der Waals surface area contributed by atoms with E-state index in [0.29, 0.717) is 11.7 Å². The smallest absolute Gasteiger partial charge is 0.403 e. The van der Waals surface area contributed by atoms with Crippen molar-refractivity contribution in [3.63, 3.8) is 0 Å². The number of carbonyl (C=O) groups is 1. The van der Waals surface area contributed by atoms with Crippen molar-refractivity contribution in [2.75, 3.05) is 0 Å². The van der Waals surface area contributed by atoms with Crippen molar-refractivity contribution in [2.45, 2.75) is 25.2 Å². The maximum Gasteiger partial charge on any atom is 0.518 e. The summed E-state index contributed by atoms with van der Waals surface area (Å²) in [5.41, 5.74) is 8.09. The van der Waals surface area contributed by atoms with Gasteiger partial charge >= 0.3 is 6.16 Å². The highest BCUT2D eigenvalue weighted by Gasteiger charge is 2.45. The molecule has 4 aromatic carbocycles. The van der Waals surface area contributed by atoms with Gasteiger partial charge in [0.1, 0.15) is 5.75 Å². The van der Waals surface area contributed by atoms with Gasteiger partial charge < -0.3 is 9.47 Å². The molecule has 0 saturated carbocycles. The first kappa shape index (κ1) is 21.7. The lowest BCUT2D eigenvalue weighted by molar-refractivity contribution is 0.136. The van der Waals surface area contributed by atoms with Gasteiger partial charge in [-0.3, -0.25) is 0 Å². The van der Waals surface area contributed by atoms with Crippen molar-refractivity contribution in [2.24, 2.45) is 0 Å². The molecule has 1 aliphatic rings. The molecule has 0 spiro atoms. The topological polar surface area (TPSA) is 35.5 Å². The van der Waals surface area contributed by atoms with E-state index in [1.165, 1.54) is 33.4 Å². The fourth-order valence-electron chi connectivity index (χ4n) is 5.10. The fraction of sp³-hybridized carbons (Fsp3) is 0.129. The lowest BCUT2D eigenvalue weighted by Gasteiger charge is -2.34. The van der Waals surface area contributed by atoms with Crippen LogP contribution in [0.3, 0.4) is 0 Å². The zero-order valence-electron chi connectivity index (χ0n) is 19.3. The van der Waals surface area contributed by atoms with E-state index in [1.54, 1.807) is 0 Å². The summed E-state index contributed by atoms with van der Waals surface area (Å²) in [6, 6.07) is 33.9. The standard InChI is InChI=1S/C31H26O3/c1-4-33-30(32)34-25-19-17-24(18-20-25)31(23-15-13-22(14-16-23)21(2)3)28-11-7-5-9-26(28)27-10-6-8-12-29(27)31/h4-21H,1H2,2-3H3. The van der Waals surface area contributed by atoms with Gasteiger partial charge in [-0.1, -0.05) is 105 Å². The van der Waals surface area contributed by atoms with Gasteiger partial charge in [0.25, 0.3) is 0 Å². The van der Waals surface area contributed by atoms with Gasteiger partial charge in [0.05, 0.1) is 11.7 Å². The largest absolute Gasteiger partial charge is 0.518 e. The molecule has 0 saturated heterocycles. The van der Waals surface area contributed by atoms with Gasteiger partial charge in [0.2, 0.25) is 0 Å². The van der Waals surface area contributed by atoms with Crippen LogP contribution >= 0.6 is 0 Å². The second-order valence-corrected chi connectivity index (χ2v) is 8.78. The maximum absolute atomic E-state index is 11.7. The van der Waals surface area contributed by atoms with Gasteiger partial charge in [0, 0.05) is 0 Å². The van der Waals surface area contributed by atoms with Crippen molar-refractivity contribution in [3.05, 3.63) is 138 Å². The number of ether oxygens (including phenoxy) is 2. The minimum absolute atomic E-state index is 0.417. The first-order valence-corrected chi connectivity index (χ1v) is 11.5. The zero-order valence-corrected chi connectivity index (χ0v) is 19.3. The molecule has 0 heterocycles. The Kier molecular flexibility index (Phi) is 5.54. The average molecular weight is 447 g/mol. The summed E-state index contributed by atoms with van der Waals surface area (Å²) >= 11 is 0. The normalized spacial score (nSPS) is 13.1. The SMILES string of the molecule is C=COC(=O)Oc1ccc(C2(c3ccc(C(C)C)cc3)c3ccccc3-c3ccccc32)cc1. The van der Waals surface area contributed by atoms with Crippen LogP contribution < -0.4 is 4.74 Å². The van der Waals surface area contributed by atoms with Crippen LogP contribution in [0, 0.1) is 0 Å². The summed E-state index contributed by atoms with van der Waals surface area (Å²) in [5, 5.41) is 0. The van der Waals surface area contributed by atoms with E-state index in [0.717, 1.165) is 11.8 Å². The van der Waals surface area contributed by atoms with Crippen molar-refractivity contribution in [1.29, 1.82) is 0 Å². The van der Waals surface area contributed by atoms with E-state index in [1.807, 2.05) is 24.3 Å². The Morgan fingerprint density at radius 1 is 0.765 bits per heavy atom. The number of hydrogen-bond acceptors (Lipinski definition) is 3. The van der Waals surface area contributed by atoms with Crippen LogP contribution in [0.2, 0.25) is 0 Å². The van der Waals surface area contributed by atoms with Gasteiger partial charge in [0.15, 0.2) is 0 Å². The molecular weight excluding hydrogens is 420 g/mol. The molecule has 0 unspecified atom stereocenters. The molecule has 0 aromatic heterocycles. The van der Waals surface area contributed by atoms with Crippen molar-refractivity contribution in [3.8, 4) is 16.9 Å². The number of rotatable bonds is 5. The summed E-state index contributed by atoms with van der Waals surface area (Å²) in [5.74, 6) is 0.875. The Balaban J connectivity index is 1.73. The van der Waals surface area contributed by atoms with E-state index < -0.39 is 11.6 Å². The summed E-state index contributed by atoms with van der Waals surface area (Å²) in [6.07, 6.45) is 0.247. The molecule has 0 atom stereocenters. The fourth-order valence-corrected chi connectivity index (χ4v) is 5.10. The zero-order chi connectivity index (χ0) is 23.7. The molecule has 5 rings (SSSR count).